The van der Waals surface area contributed by atoms with E-state index >= 15 is 0 Å². The van der Waals surface area contributed by atoms with Gasteiger partial charge in [-0.2, -0.15) is 0 Å². The van der Waals surface area contributed by atoms with Crippen LogP contribution in [0.3, 0.4) is 0 Å². The molecule has 0 bridgehead atoms. The molecule has 0 radical (unpaired) electrons. The van der Waals surface area contributed by atoms with Gasteiger partial charge in [0.15, 0.2) is 0 Å². The highest BCUT2D eigenvalue weighted by Crippen LogP contribution is 2.33. The summed E-state index contributed by atoms with van der Waals surface area (Å²) in [4.78, 5) is 27.6. The van der Waals surface area contributed by atoms with Crippen LogP contribution in [0, 0.1) is 0 Å². The maximum Gasteiger partial charge on any atom is 0.224 e. The summed E-state index contributed by atoms with van der Waals surface area (Å²) in [6.07, 6.45) is 5.12. The molecule has 2 heterocycles. The summed E-state index contributed by atoms with van der Waals surface area (Å²) >= 11 is 0. The van der Waals surface area contributed by atoms with Crippen LogP contribution in [0.5, 0.6) is 0 Å². The smallest absolute Gasteiger partial charge is 0.224 e. The number of piperazine rings is 1. The Bertz CT molecular complexity index is 378. The maximum absolute atomic E-state index is 12.2. The Morgan fingerprint density at radius 2 is 2.17 bits per heavy atom. The Hall–Kier alpha value is -1.10. The Morgan fingerprint density at radius 1 is 1.39 bits per heavy atom. The molecule has 3 fully saturated rings. The summed E-state index contributed by atoms with van der Waals surface area (Å²) in [6, 6.07) is 0.255. The molecule has 1 saturated carbocycles. The van der Waals surface area contributed by atoms with Crippen molar-refractivity contribution >= 4 is 11.8 Å². The molecule has 0 aromatic carbocycles. The molecule has 1 atom stereocenters. The largest absolute Gasteiger partial charge is 0.339 e. The number of nitrogens with two attached hydrogens (primary N) is 1. The van der Waals surface area contributed by atoms with Gasteiger partial charge in [-0.1, -0.05) is 0 Å². The first kappa shape index (κ1) is 12.0. The molecule has 2 N–H and O–H groups in total. The van der Waals surface area contributed by atoms with Crippen LogP contribution in [0.1, 0.15) is 38.5 Å². The van der Waals surface area contributed by atoms with Gasteiger partial charge >= 0.3 is 0 Å². The lowest BCUT2D eigenvalue weighted by Gasteiger charge is -2.42. The number of carbonyl (C=O) groups excluding carboxylic acids is 2. The molecule has 1 aliphatic carbocycles. The standard InChI is InChI=1S/C13H21N3O2/c14-13(4-1-5-13)8-12(18)15-6-7-16-10(9-15)2-3-11(16)17/h10H,1-9,14H2. The molecular weight excluding hydrogens is 230 g/mol. The fourth-order valence-corrected chi connectivity index (χ4v) is 3.31. The van der Waals surface area contributed by atoms with Crippen LogP contribution >= 0.6 is 0 Å². The lowest BCUT2D eigenvalue weighted by atomic mass is 9.75. The molecule has 0 spiro atoms. The lowest BCUT2D eigenvalue weighted by Crippen LogP contribution is -2.56. The first-order chi connectivity index (χ1) is 8.57. The van der Waals surface area contributed by atoms with Gasteiger partial charge in [-0.05, 0) is 25.7 Å². The monoisotopic (exact) mass is 251 g/mol. The summed E-state index contributed by atoms with van der Waals surface area (Å²) in [7, 11) is 0. The van der Waals surface area contributed by atoms with Crippen LogP contribution in [-0.4, -0.2) is 52.8 Å². The van der Waals surface area contributed by atoms with Crippen LogP contribution in [0.15, 0.2) is 0 Å². The predicted octanol–water partition coefficient (Wildman–Crippen LogP) is 0.0911. The van der Waals surface area contributed by atoms with Gasteiger partial charge in [0.25, 0.3) is 0 Å². The number of nitrogens with zero attached hydrogens (tertiary/aromatic N) is 2. The maximum atomic E-state index is 12.2. The summed E-state index contributed by atoms with van der Waals surface area (Å²) in [5.41, 5.74) is 5.89. The van der Waals surface area contributed by atoms with Gasteiger partial charge in [-0.3, -0.25) is 9.59 Å². The number of rotatable bonds is 2. The highest BCUT2D eigenvalue weighted by atomic mass is 16.2. The van der Waals surface area contributed by atoms with Gasteiger partial charge in [0, 0.05) is 44.1 Å². The molecule has 2 amide bonds. The van der Waals surface area contributed by atoms with Crippen molar-refractivity contribution in [3.63, 3.8) is 0 Å². The van der Waals surface area contributed by atoms with Gasteiger partial charge in [0.1, 0.15) is 0 Å². The molecule has 5 nitrogen and oxygen atoms in total. The molecular formula is C13H21N3O2. The average Bonchev–Trinajstić information content (AvgIpc) is 2.68. The molecule has 1 unspecified atom stereocenters. The van der Waals surface area contributed by atoms with Crippen LogP contribution in [0.25, 0.3) is 0 Å². The molecule has 0 aromatic rings. The zero-order valence-corrected chi connectivity index (χ0v) is 10.7. The van der Waals surface area contributed by atoms with Gasteiger partial charge in [-0.25, -0.2) is 0 Å². The second-order valence-corrected chi connectivity index (χ2v) is 6.01. The molecule has 2 aliphatic heterocycles. The van der Waals surface area contributed by atoms with Crippen LogP contribution in [0.4, 0.5) is 0 Å². The summed E-state index contributed by atoms with van der Waals surface area (Å²) in [5.74, 6) is 0.428. The minimum atomic E-state index is -0.236. The molecule has 5 heteroatoms. The van der Waals surface area contributed by atoms with Gasteiger partial charge in [0.2, 0.25) is 11.8 Å². The van der Waals surface area contributed by atoms with Crippen molar-refractivity contribution in [1.29, 1.82) is 0 Å². The van der Waals surface area contributed by atoms with Crippen LogP contribution in [-0.2, 0) is 9.59 Å². The number of fused-ring (bicyclic) bond motifs is 1. The highest BCUT2D eigenvalue weighted by Gasteiger charge is 2.40. The third kappa shape index (κ3) is 2.00. The second-order valence-electron chi connectivity index (χ2n) is 6.01. The Kier molecular flexibility index (Phi) is 2.81. The molecule has 18 heavy (non-hydrogen) atoms. The minimum absolute atomic E-state index is 0.177. The SMILES string of the molecule is NC1(CC(=O)N2CCN3C(=O)CCC3C2)CCC1. The quantitative estimate of drug-likeness (QED) is 0.756. The Labute approximate surface area is 107 Å². The third-order valence-electron chi connectivity index (χ3n) is 4.70. The van der Waals surface area contributed by atoms with Crippen molar-refractivity contribution < 1.29 is 9.59 Å². The summed E-state index contributed by atoms with van der Waals surface area (Å²) in [5, 5.41) is 0. The number of carbonyl (C=O) groups is 2. The van der Waals surface area contributed by atoms with Crippen LogP contribution in [0.2, 0.25) is 0 Å². The van der Waals surface area contributed by atoms with E-state index in [4.69, 9.17) is 5.73 Å². The minimum Gasteiger partial charge on any atom is -0.339 e. The average molecular weight is 251 g/mol. The zero-order valence-electron chi connectivity index (χ0n) is 10.7. The number of amides is 2. The van der Waals surface area contributed by atoms with E-state index in [1.54, 1.807) is 0 Å². The van der Waals surface area contributed by atoms with E-state index in [9.17, 15) is 9.59 Å². The van der Waals surface area contributed by atoms with Crippen molar-refractivity contribution in [2.75, 3.05) is 19.6 Å². The number of hydrogen-bond donors (Lipinski definition) is 1. The van der Waals surface area contributed by atoms with E-state index in [0.717, 1.165) is 25.7 Å². The summed E-state index contributed by atoms with van der Waals surface area (Å²) in [6.45, 7) is 2.09. The Balaban J connectivity index is 1.57. The molecule has 100 valence electrons. The molecule has 0 aromatic heterocycles. The first-order valence-corrected chi connectivity index (χ1v) is 6.94. The molecule has 3 aliphatic rings. The normalized spacial score (nSPS) is 30.1. The third-order valence-corrected chi connectivity index (χ3v) is 4.70. The number of hydrogen-bond acceptors (Lipinski definition) is 3. The van der Waals surface area contributed by atoms with E-state index in [1.807, 2.05) is 9.80 Å². The molecule has 2 saturated heterocycles. The fraction of sp³-hybridized carbons (Fsp3) is 0.846. The van der Waals surface area contributed by atoms with Crippen molar-refractivity contribution in [2.24, 2.45) is 5.73 Å². The van der Waals surface area contributed by atoms with Gasteiger partial charge < -0.3 is 15.5 Å². The Morgan fingerprint density at radius 3 is 2.83 bits per heavy atom. The fourth-order valence-electron chi connectivity index (χ4n) is 3.31. The van der Waals surface area contributed by atoms with Crippen molar-refractivity contribution in [1.82, 2.24) is 9.80 Å². The van der Waals surface area contributed by atoms with E-state index in [1.165, 1.54) is 0 Å². The molecule has 3 rings (SSSR count). The lowest BCUT2D eigenvalue weighted by molar-refractivity contribution is -0.140. The van der Waals surface area contributed by atoms with E-state index < -0.39 is 0 Å². The van der Waals surface area contributed by atoms with E-state index in [-0.39, 0.29) is 23.4 Å². The summed E-state index contributed by atoms with van der Waals surface area (Å²) < 4.78 is 0. The predicted molar refractivity (Wildman–Crippen MR) is 66.7 cm³/mol. The topological polar surface area (TPSA) is 66.6 Å². The van der Waals surface area contributed by atoms with E-state index in [0.29, 0.717) is 32.5 Å². The first-order valence-electron chi connectivity index (χ1n) is 6.94. The van der Waals surface area contributed by atoms with Gasteiger partial charge in [0.05, 0.1) is 0 Å². The van der Waals surface area contributed by atoms with Gasteiger partial charge in [-0.15, -0.1) is 0 Å². The van der Waals surface area contributed by atoms with Crippen molar-refractivity contribution in [3.05, 3.63) is 0 Å². The van der Waals surface area contributed by atoms with E-state index in [2.05, 4.69) is 0 Å². The van der Waals surface area contributed by atoms with Crippen molar-refractivity contribution in [2.45, 2.75) is 50.1 Å². The highest BCUT2D eigenvalue weighted by molar-refractivity contribution is 5.81. The van der Waals surface area contributed by atoms with Crippen molar-refractivity contribution in [3.8, 4) is 0 Å². The second kappa shape index (κ2) is 4.23. The van der Waals surface area contributed by atoms with Crippen LogP contribution < -0.4 is 5.73 Å². The zero-order chi connectivity index (χ0) is 12.8.